The molecular formula is C16H23NO3S. The summed E-state index contributed by atoms with van der Waals surface area (Å²) in [6, 6.07) is 5.07. The van der Waals surface area contributed by atoms with Gasteiger partial charge in [-0.15, -0.1) is 0 Å². The van der Waals surface area contributed by atoms with Crippen molar-refractivity contribution < 1.29 is 13.5 Å². The van der Waals surface area contributed by atoms with Gasteiger partial charge >= 0.3 is 0 Å². The maximum Gasteiger partial charge on any atom is 0.240 e. The largest absolute Gasteiger partial charge is 0.392 e. The second kappa shape index (κ2) is 5.71. The first-order chi connectivity index (χ1) is 9.99. The highest BCUT2D eigenvalue weighted by atomic mass is 32.2. The molecule has 2 aliphatic carbocycles. The summed E-state index contributed by atoms with van der Waals surface area (Å²) in [5.74, 6) is 2.03. The van der Waals surface area contributed by atoms with Crippen molar-refractivity contribution in [2.75, 3.05) is 6.54 Å². The Balaban J connectivity index is 1.72. The number of aliphatic hydroxyl groups excluding tert-OH is 1. The van der Waals surface area contributed by atoms with E-state index >= 15 is 0 Å². The molecule has 2 aliphatic rings. The molecule has 4 nitrogen and oxygen atoms in total. The maximum atomic E-state index is 12.5. The summed E-state index contributed by atoms with van der Waals surface area (Å²) >= 11 is 0. The second-order valence-electron chi connectivity index (χ2n) is 6.54. The minimum Gasteiger partial charge on any atom is -0.392 e. The molecule has 3 rings (SSSR count). The predicted octanol–water partition coefficient (Wildman–Crippen LogP) is 2.20. The minimum absolute atomic E-state index is 0.144. The second-order valence-corrected chi connectivity index (χ2v) is 8.28. The molecule has 2 saturated carbocycles. The molecule has 0 radical (unpaired) electrons. The summed E-state index contributed by atoms with van der Waals surface area (Å²) in [5, 5.41) is 9.18. The fraction of sp³-hybridized carbons (Fsp3) is 0.625. The van der Waals surface area contributed by atoms with E-state index in [9.17, 15) is 13.5 Å². The van der Waals surface area contributed by atoms with E-state index in [2.05, 4.69) is 4.72 Å². The Kier molecular flexibility index (Phi) is 4.08. The molecule has 0 amide bonds. The van der Waals surface area contributed by atoms with Crippen molar-refractivity contribution >= 4 is 10.0 Å². The highest BCUT2D eigenvalue weighted by molar-refractivity contribution is 7.89. The SMILES string of the molecule is Cc1ccc(CO)cc1S(=O)(=O)NCC1CC2CCC1C2. The molecule has 0 heterocycles. The number of rotatable bonds is 5. The molecule has 5 heteroatoms. The molecule has 0 aliphatic heterocycles. The molecule has 116 valence electrons. The lowest BCUT2D eigenvalue weighted by Gasteiger charge is -2.22. The van der Waals surface area contributed by atoms with Gasteiger partial charge in [0.1, 0.15) is 0 Å². The third-order valence-electron chi connectivity index (χ3n) is 5.14. The monoisotopic (exact) mass is 309 g/mol. The first-order valence-corrected chi connectivity index (χ1v) is 9.18. The molecule has 0 saturated heterocycles. The zero-order valence-electron chi connectivity index (χ0n) is 12.4. The lowest BCUT2D eigenvalue weighted by molar-refractivity contribution is 0.281. The topological polar surface area (TPSA) is 66.4 Å². The van der Waals surface area contributed by atoms with Crippen molar-refractivity contribution in [1.29, 1.82) is 0 Å². The number of benzene rings is 1. The molecular weight excluding hydrogens is 286 g/mol. The lowest BCUT2D eigenvalue weighted by Crippen LogP contribution is -2.32. The number of nitrogens with one attached hydrogen (secondary N) is 1. The van der Waals surface area contributed by atoms with E-state index in [1.165, 1.54) is 25.7 Å². The molecule has 1 aromatic carbocycles. The van der Waals surface area contributed by atoms with Crippen LogP contribution in [0.25, 0.3) is 0 Å². The van der Waals surface area contributed by atoms with Crippen molar-refractivity contribution in [2.45, 2.75) is 44.1 Å². The van der Waals surface area contributed by atoms with Gasteiger partial charge in [-0.25, -0.2) is 13.1 Å². The Morgan fingerprint density at radius 1 is 1.29 bits per heavy atom. The summed E-state index contributed by atoms with van der Waals surface area (Å²) in [5.41, 5.74) is 1.34. The van der Waals surface area contributed by atoms with Crippen LogP contribution in [0.4, 0.5) is 0 Å². The zero-order valence-corrected chi connectivity index (χ0v) is 13.2. The van der Waals surface area contributed by atoms with E-state index in [1.807, 2.05) is 0 Å². The highest BCUT2D eigenvalue weighted by Crippen LogP contribution is 2.48. The molecule has 0 spiro atoms. The fourth-order valence-corrected chi connectivity index (χ4v) is 5.34. The van der Waals surface area contributed by atoms with Crippen LogP contribution in [0.1, 0.15) is 36.8 Å². The predicted molar refractivity (Wildman–Crippen MR) is 81.2 cm³/mol. The van der Waals surface area contributed by atoms with Crippen LogP contribution in [0.2, 0.25) is 0 Å². The fourth-order valence-electron chi connectivity index (χ4n) is 3.95. The van der Waals surface area contributed by atoms with Crippen molar-refractivity contribution in [3.63, 3.8) is 0 Å². The van der Waals surface area contributed by atoms with E-state index in [4.69, 9.17) is 0 Å². The maximum absolute atomic E-state index is 12.5. The molecule has 21 heavy (non-hydrogen) atoms. The highest BCUT2D eigenvalue weighted by Gasteiger charge is 2.39. The van der Waals surface area contributed by atoms with Crippen molar-refractivity contribution in [3.05, 3.63) is 29.3 Å². The third-order valence-corrected chi connectivity index (χ3v) is 6.71. The van der Waals surface area contributed by atoms with Gasteiger partial charge in [0.25, 0.3) is 0 Å². The Labute approximate surface area is 126 Å². The number of hydrogen-bond acceptors (Lipinski definition) is 3. The van der Waals surface area contributed by atoms with Crippen LogP contribution in [-0.2, 0) is 16.6 Å². The molecule has 3 atom stereocenters. The van der Waals surface area contributed by atoms with E-state index in [0.29, 0.717) is 29.5 Å². The number of hydrogen-bond donors (Lipinski definition) is 2. The van der Waals surface area contributed by atoms with Crippen molar-refractivity contribution in [2.24, 2.45) is 17.8 Å². The number of aliphatic hydroxyl groups is 1. The van der Waals surface area contributed by atoms with Gasteiger partial charge in [-0.3, -0.25) is 0 Å². The normalized spacial score (nSPS) is 28.2. The van der Waals surface area contributed by atoms with Crippen LogP contribution in [0.3, 0.4) is 0 Å². The third kappa shape index (κ3) is 3.00. The van der Waals surface area contributed by atoms with Gasteiger partial charge in [0.15, 0.2) is 0 Å². The summed E-state index contributed by atoms with van der Waals surface area (Å²) in [6.07, 6.45) is 5.04. The average Bonchev–Trinajstić information content (AvgIpc) is 3.08. The van der Waals surface area contributed by atoms with Gasteiger partial charge in [0.05, 0.1) is 11.5 Å². The molecule has 0 aromatic heterocycles. The Hall–Kier alpha value is -0.910. The van der Waals surface area contributed by atoms with E-state index < -0.39 is 10.0 Å². The lowest BCUT2D eigenvalue weighted by atomic mass is 9.89. The minimum atomic E-state index is -3.49. The molecule has 2 bridgehead atoms. The van der Waals surface area contributed by atoms with Gasteiger partial charge in [-0.1, -0.05) is 18.6 Å². The Morgan fingerprint density at radius 3 is 2.71 bits per heavy atom. The summed E-state index contributed by atoms with van der Waals surface area (Å²) < 4.78 is 27.8. The number of sulfonamides is 1. The van der Waals surface area contributed by atoms with E-state index in [0.717, 1.165) is 5.92 Å². The van der Waals surface area contributed by atoms with Crippen LogP contribution >= 0.6 is 0 Å². The molecule has 1 aromatic rings. The van der Waals surface area contributed by atoms with Gasteiger partial charge in [0.2, 0.25) is 10.0 Å². The standard InChI is InChI=1S/C16H23NO3S/c1-11-2-3-13(10-18)8-16(11)21(19,20)17-9-15-7-12-4-5-14(15)6-12/h2-3,8,12,14-15,17-18H,4-7,9-10H2,1H3. The van der Waals surface area contributed by atoms with Crippen molar-refractivity contribution in [1.82, 2.24) is 4.72 Å². The van der Waals surface area contributed by atoms with Gasteiger partial charge in [-0.2, -0.15) is 0 Å². The van der Waals surface area contributed by atoms with Crippen LogP contribution in [0, 0.1) is 24.7 Å². The van der Waals surface area contributed by atoms with Crippen LogP contribution < -0.4 is 4.72 Å². The Bertz CT molecular complexity index is 626. The van der Waals surface area contributed by atoms with Crippen molar-refractivity contribution in [3.8, 4) is 0 Å². The summed E-state index contributed by atoms with van der Waals surface area (Å²) in [6.45, 7) is 2.19. The molecule has 3 unspecified atom stereocenters. The molecule has 2 N–H and O–H groups in total. The van der Waals surface area contributed by atoms with Gasteiger partial charge < -0.3 is 5.11 Å². The molecule has 2 fully saturated rings. The Morgan fingerprint density at radius 2 is 2.10 bits per heavy atom. The zero-order chi connectivity index (χ0) is 15.0. The number of aryl methyl sites for hydroxylation is 1. The average molecular weight is 309 g/mol. The van der Waals surface area contributed by atoms with E-state index in [1.54, 1.807) is 25.1 Å². The first kappa shape index (κ1) is 15.0. The smallest absolute Gasteiger partial charge is 0.240 e. The summed E-state index contributed by atoms with van der Waals surface area (Å²) in [4.78, 5) is 0.289. The van der Waals surface area contributed by atoms with Gasteiger partial charge in [-0.05, 0) is 61.1 Å². The first-order valence-electron chi connectivity index (χ1n) is 7.69. The quantitative estimate of drug-likeness (QED) is 0.876. The van der Waals surface area contributed by atoms with Crippen LogP contribution in [0.15, 0.2) is 23.1 Å². The summed E-state index contributed by atoms with van der Waals surface area (Å²) in [7, 11) is -3.49. The van der Waals surface area contributed by atoms with E-state index in [-0.39, 0.29) is 11.5 Å². The van der Waals surface area contributed by atoms with Crippen LogP contribution in [0.5, 0.6) is 0 Å². The number of fused-ring (bicyclic) bond motifs is 2. The van der Waals surface area contributed by atoms with Crippen LogP contribution in [-0.4, -0.2) is 20.1 Å². The van der Waals surface area contributed by atoms with Gasteiger partial charge in [0, 0.05) is 6.54 Å².